The van der Waals surface area contributed by atoms with Gasteiger partial charge in [-0.3, -0.25) is 15.2 Å². The predicted molar refractivity (Wildman–Crippen MR) is 143 cm³/mol. The summed E-state index contributed by atoms with van der Waals surface area (Å²) in [5, 5.41) is 9.49. The Morgan fingerprint density at radius 3 is 2.39 bits per heavy atom. The number of ether oxygens (including phenoxy) is 2. The third-order valence-corrected chi connectivity index (χ3v) is 5.61. The number of rotatable bonds is 8. The molecule has 0 aliphatic carbocycles. The minimum Gasteiger partial charge on any atom is -0.496 e. The lowest BCUT2D eigenvalue weighted by atomic mass is 10.0. The van der Waals surface area contributed by atoms with Gasteiger partial charge in [0.2, 0.25) is 0 Å². The van der Waals surface area contributed by atoms with Gasteiger partial charge in [-0.2, -0.15) is 0 Å². The van der Waals surface area contributed by atoms with Gasteiger partial charge >= 0.3 is 6.09 Å². The Labute approximate surface area is 213 Å². The molecule has 33 heavy (non-hydrogen) atoms. The molecule has 1 saturated heterocycles. The molecule has 1 aliphatic rings. The molecule has 1 fully saturated rings. The molecule has 2 aromatic carbocycles. The van der Waals surface area contributed by atoms with E-state index in [9.17, 15) is 4.79 Å². The molecule has 2 aromatic rings. The van der Waals surface area contributed by atoms with Crippen LogP contribution in [0.15, 0.2) is 53.5 Å². The maximum atomic E-state index is 11.3. The van der Waals surface area contributed by atoms with E-state index in [1.807, 2.05) is 36.4 Å². The zero-order chi connectivity index (χ0) is 22.8. The van der Waals surface area contributed by atoms with Crippen LogP contribution in [-0.2, 0) is 11.3 Å². The Bertz CT molecular complexity index is 901. The van der Waals surface area contributed by atoms with Crippen LogP contribution in [0.3, 0.4) is 0 Å². The van der Waals surface area contributed by atoms with Crippen LogP contribution in [0.25, 0.3) is 0 Å². The molecule has 0 radical (unpaired) electrons. The molecule has 0 bridgehead atoms. The molecule has 1 aliphatic heterocycles. The summed E-state index contributed by atoms with van der Waals surface area (Å²) < 4.78 is 10.2. The molecule has 1 unspecified atom stereocenters. The quantitative estimate of drug-likeness (QED) is 0.254. The number of nitrogens with zero attached hydrogens (tertiary/aromatic N) is 2. The van der Waals surface area contributed by atoms with E-state index in [-0.39, 0.29) is 30.0 Å². The second-order valence-electron chi connectivity index (χ2n) is 7.62. The van der Waals surface area contributed by atoms with Crippen molar-refractivity contribution in [1.29, 1.82) is 0 Å². The average Bonchev–Trinajstić information content (AvgIpc) is 3.37. The minimum atomic E-state index is -0.483. The summed E-state index contributed by atoms with van der Waals surface area (Å²) in [4.78, 5) is 18.2. The molecule has 0 aromatic heterocycles. The first-order chi connectivity index (χ1) is 15.6. The van der Waals surface area contributed by atoms with Crippen LogP contribution in [0.2, 0.25) is 0 Å². The first kappa shape index (κ1) is 26.7. The van der Waals surface area contributed by atoms with Crippen LogP contribution in [-0.4, -0.2) is 57.9 Å². The highest BCUT2D eigenvalue weighted by molar-refractivity contribution is 14.0. The Balaban J connectivity index is 0.00000385. The fourth-order valence-electron chi connectivity index (χ4n) is 3.91. The number of anilines is 1. The van der Waals surface area contributed by atoms with E-state index in [1.54, 1.807) is 14.2 Å². The summed E-state index contributed by atoms with van der Waals surface area (Å²) in [6.45, 7) is 3.51. The van der Waals surface area contributed by atoms with E-state index in [2.05, 4.69) is 42.7 Å². The SMILES string of the molecule is CN=C(NCc1ccc(NC(=O)OC)cc1)NCC(c1ccccc1OC)N1CCCC1.I. The topological polar surface area (TPSA) is 87.2 Å². The van der Waals surface area contributed by atoms with Crippen molar-refractivity contribution in [3.63, 3.8) is 0 Å². The average molecular weight is 567 g/mol. The number of carbonyl (C=O) groups excluding carboxylic acids is 1. The number of hydrogen-bond acceptors (Lipinski definition) is 5. The zero-order valence-corrected chi connectivity index (χ0v) is 21.8. The van der Waals surface area contributed by atoms with Crippen molar-refractivity contribution in [2.75, 3.05) is 46.2 Å². The smallest absolute Gasteiger partial charge is 0.411 e. The summed E-state index contributed by atoms with van der Waals surface area (Å²) in [6.07, 6.45) is 1.96. The third-order valence-electron chi connectivity index (χ3n) is 5.61. The molecule has 0 saturated carbocycles. The van der Waals surface area contributed by atoms with Gasteiger partial charge in [-0.05, 0) is 49.7 Å². The monoisotopic (exact) mass is 567 g/mol. The molecule has 8 nitrogen and oxygen atoms in total. The number of aliphatic imine (C=N–C) groups is 1. The number of hydrogen-bond donors (Lipinski definition) is 3. The normalized spacial score (nSPS) is 14.7. The maximum Gasteiger partial charge on any atom is 0.411 e. The number of benzene rings is 2. The minimum absolute atomic E-state index is 0. The number of amides is 1. The lowest BCUT2D eigenvalue weighted by molar-refractivity contribution is 0.187. The Morgan fingerprint density at radius 1 is 1.06 bits per heavy atom. The number of likely N-dealkylation sites (tertiary alicyclic amines) is 1. The van der Waals surface area contributed by atoms with Crippen molar-refractivity contribution in [2.24, 2.45) is 4.99 Å². The predicted octanol–water partition coefficient (Wildman–Crippen LogP) is 3.99. The third kappa shape index (κ3) is 7.78. The van der Waals surface area contributed by atoms with Crippen LogP contribution in [0.5, 0.6) is 5.75 Å². The van der Waals surface area contributed by atoms with Crippen LogP contribution in [0.1, 0.15) is 30.0 Å². The first-order valence-electron chi connectivity index (χ1n) is 10.9. The van der Waals surface area contributed by atoms with E-state index in [0.717, 1.165) is 36.9 Å². The van der Waals surface area contributed by atoms with E-state index >= 15 is 0 Å². The molecular formula is C24H34IN5O3. The largest absolute Gasteiger partial charge is 0.496 e. The van der Waals surface area contributed by atoms with Gasteiger partial charge in [-0.25, -0.2) is 4.79 Å². The lowest BCUT2D eigenvalue weighted by Crippen LogP contribution is -2.42. The number of carbonyl (C=O) groups is 1. The zero-order valence-electron chi connectivity index (χ0n) is 19.5. The van der Waals surface area contributed by atoms with E-state index in [0.29, 0.717) is 12.2 Å². The Hall–Kier alpha value is -2.53. The van der Waals surface area contributed by atoms with Gasteiger partial charge < -0.3 is 20.1 Å². The van der Waals surface area contributed by atoms with Gasteiger partial charge in [0.15, 0.2) is 5.96 Å². The molecule has 9 heteroatoms. The standard InChI is InChI=1S/C24H33N5O3.HI/c1-25-23(26-16-18-10-12-19(13-11-18)28-24(30)32-3)27-17-21(29-14-6-7-15-29)20-8-4-5-9-22(20)31-2;/h4-5,8-13,21H,6-7,14-17H2,1-3H3,(H,28,30)(H2,25,26,27);1H. The summed E-state index contributed by atoms with van der Waals surface area (Å²) in [5.41, 5.74) is 2.95. The van der Waals surface area contributed by atoms with Crippen LogP contribution >= 0.6 is 24.0 Å². The summed E-state index contributed by atoms with van der Waals surface area (Å²) >= 11 is 0. The Kier molecular flexibility index (Phi) is 11.2. The fourth-order valence-corrected chi connectivity index (χ4v) is 3.91. The highest BCUT2D eigenvalue weighted by atomic mass is 127. The second kappa shape index (κ2) is 13.9. The number of guanidine groups is 1. The molecule has 3 N–H and O–H groups in total. The van der Waals surface area contributed by atoms with Gasteiger partial charge in [-0.1, -0.05) is 30.3 Å². The fraction of sp³-hybridized carbons (Fsp3) is 0.417. The molecule has 1 amide bonds. The number of halogens is 1. The van der Waals surface area contributed by atoms with E-state index < -0.39 is 6.09 Å². The molecule has 1 atom stereocenters. The van der Waals surface area contributed by atoms with Crippen LogP contribution in [0, 0.1) is 0 Å². The highest BCUT2D eigenvalue weighted by Crippen LogP contribution is 2.31. The first-order valence-corrected chi connectivity index (χ1v) is 10.9. The van der Waals surface area contributed by atoms with Crippen molar-refractivity contribution in [3.05, 3.63) is 59.7 Å². The number of methoxy groups -OCH3 is 2. The number of para-hydroxylation sites is 1. The van der Waals surface area contributed by atoms with Crippen molar-refractivity contribution < 1.29 is 14.3 Å². The van der Waals surface area contributed by atoms with Crippen LogP contribution < -0.4 is 20.7 Å². The molecule has 1 heterocycles. The van der Waals surface area contributed by atoms with Gasteiger partial charge in [0, 0.05) is 31.4 Å². The lowest BCUT2D eigenvalue weighted by Gasteiger charge is -2.30. The van der Waals surface area contributed by atoms with Crippen molar-refractivity contribution >= 4 is 41.7 Å². The number of nitrogens with one attached hydrogen (secondary N) is 3. The highest BCUT2D eigenvalue weighted by Gasteiger charge is 2.26. The molecule has 0 spiro atoms. The van der Waals surface area contributed by atoms with Gasteiger partial charge in [0.1, 0.15) is 5.75 Å². The van der Waals surface area contributed by atoms with Crippen molar-refractivity contribution in [1.82, 2.24) is 15.5 Å². The molecule has 3 rings (SSSR count). The summed E-state index contributed by atoms with van der Waals surface area (Å²) in [7, 11) is 4.83. The van der Waals surface area contributed by atoms with Crippen LogP contribution in [0.4, 0.5) is 10.5 Å². The van der Waals surface area contributed by atoms with E-state index in [4.69, 9.17) is 4.74 Å². The van der Waals surface area contributed by atoms with E-state index in [1.165, 1.54) is 25.5 Å². The summed E-state index contributed by atoms with van der Waals surface area (Å²) in [6, 6.07) is 16.0. The van der Waals surface area contributed by atoms with Crippen molar-refractivity contribution in [2.45, 2.75) is 25.4 Å². The molecular weight excluding hydrogens is 533 g/mol. The van der Waals surface area contributed by atoms with Gasteiger partial charge in [-0.15, -0.1) is 24.0 Å². The maximum absolute atomic E-state index is 11.3. The Morgan fingerprint density at radius 2 is 1.76 bits per heavy atom. The van der Waals surface area contributed by atoms with Gasteiger partial charge in [0.05, 0.1) is 20.3 Å². The van der Waals surface area contributed by atoms with Crippen molar-refractivity contribution in [3.8, 4) is 5.75 Å². The molecule has 180 valence electrons. The second-order valence-corrected chi connectivity index (χ2v) is 7.62. The summed E-state index contributed by atoms with van der Waals surface area (Å²) in [5.74, 6) is 1.65. The van der Waals surface area contributed by atoms with Gasteiger partial charge in [0.25, 0.3) is 0 Å².